The van der Waals surface area contributed by atoms with Crippen LogP contribution in [0.15, 0.2) is 79.5 Å². The van der Waals surface area contributed by atoms with Crippen LogP contribution in [0, 0.1) is 0 Å². The van der Waals surface area contributed by atoms with Gasteiger partial charge in [-0.05, 0) is 18.2 Å². The van der Waals surface area contributed by atoms with Crippen molar-refractivity contribution in [2.75, 3.05) is 0 Å². The van der Waals surface area contributed by atoms with Gasteiger partial charge in [-0.3, -0.25) is 4.98 Å². The van der Waals surface area contributed by atoms with Gasteiger partial charge in [0.1, 0.15) is 0 Å². The zero-order chi connectivity index (χ0) is 15.9. The Bertz CT molecular complexity index is 1140. The number of benzene rings is 2. The number of aromatic amines is 1. The molecular formula is C20H14N4. The number of nitrogens with one attached hydrogen (secondary N) is 1. The molecule has 2 aromatic carbocycles. The lowest BCUT2D eigenvalue weighted by Crippen LogP contribution is -1.90. The number of H-pyrrole nitrogens is 1. The van der Waals surface area contributed by atoms with Crippen molar-refractivity contribution in [3.8, 4) is 16.9 Å². The van der Waals surface area contributed by atoms with Gasteiger partial charge < -0.3 is 9.55 Å². The highest BCUT2D eigenvalue weighted by Gasteiger charge is 2.12. The van der Waals surface area contributed by atoms with Gasteiger partial charge in [0.2, 0.25) is 0 Å². The maximum Gasteiger partial charge on any atom is 0.0992 e. The lowest BCUT2D eigenvalue weighted by molar-refractivity contribution is 1.06. The number of pyridine rings is 1. The summed E-state index contributed by atoms with van der Waals surface area (Å²) in [6, 6.07) is 18.7. The average molecular weight is 310 g/mol. The van der Waals surface area contributed by atoms with E-state index in [-0.39, 0.29) is 0 Å². The fraction of sp³-hybridized carbons (Fsp3) is 0. The Morgan fingerprint density at radius 2 is 1.67 bits per heavy atom. The Kier molecular flexibility index (Phi) is 2.76. The van der Waals surface area contributed by atoms with E-state index in [2.05, 4.69) is 51.4 Å². The van der Waals surface area contributed by atoms with Crippen LogP contribution in [0.25, 0.3) is 38.8 Å². The molecule has 0 fully saturated rings. The molecule has 0 aliphatic rings. The first kappa shape index (κ1) is 13.1. The molecule has 0 aliphatic heterocycles. The van der Waals surface area contributed by atoms with Crippen LogP contribution >= 0.6 is 0 Å². The first-order valence-electron chi connectivity index (χ1n) is 7.85. The average Bonchev–Trinajstić information content (AvgIpc) is 3.29. The van der Waals surface area contributed by atoms with Gasteiger partial charge in [0.05, 0.1) is 28.7 Å². The van der Waals surface area contributed by atoms with Crippen LogP contribution in [0.3, 0.4) is 0 Å². The number of rotatable bonds is 2. The molecule has 3 heterocycles. The van der Waals surface area contributed by atoms with Gasteiger partial charge in [-0.15, -0.1) is 0 Å². The lowest BCUT2D eigenvalue weighted by atomic mass is 10.1. The van der Waals surface area contributed by atoms with Crippen molar-refractivity contribution in [1.29, 1.82) is 0 Å². The Morgan fingerprint density at radius 1 is 0.792 bits per heavy atom. The van der Waals surface area contributed by atoms with E-state index in [9.17, 15) is 0 Å². The van der Waals surface area contributed by atoms with E-state index in [0.717, 1.165) is 28.0 Å². The molecule has 0 saturated carbocycles. The molecule has 3 aromatic heterocycles. The van der Waals surface area contributed by atoms with Crippen LogP contribution in [0.5, 0.6) is 0 Å². The molecule has 0 bridgehead atoms. The molecule has 24 heavy (non-hydrogen) atoms. The number of aromatic nitrogens is 4. The Balaban J connectivity index is 1.87. The van der Waals surface area contributed by atoms with Crippen molar-refractivity contribution in [2.24, 2.45) is 0 Å². The van der Waals surface area contributed by atoms with Crippen molar-refractivity contribution < 1.29 is 0 Å². The molecule has 0 unspecified atom stereocenters. The maximum absolute atomic E-state index is 4.51. The molecule has 114 valence electrons. The second kappa shape index (κ2) is 5.06. The summed E-state index contributed by atoms with van der Waals surface area (Å²) in [5, 5.41) is 2.41. The fourth-order valence-corrected chi connectivity index (χ4v) is 3.28. The molecule has 1 N–H and O–H groups in total. The zero-order valence-electron chi connectivity index (χ0n) is 12.8. The third-order valence-electron chi connectivity index (χ3n) is 4.37. The van der Waals surface area contributed by atoms with Crippen molar-refractivity contribution in [3.05, 3.63) is 79.5 Å². The molecule has 0 saturated heterocycles. The van der Waals surface area contributed by atoms with Gasteiger partial charge in [-0.2, -0.15) is 0 Å². The lowest BCUT2D eigenvalue weighted by Gasteiger charge is -2.03. The summed E-state index contributed by atoms with van der Waals surface area (Å²) in [5.74, 6) is 0. The minimum absolute atomic E-state index is 0.971. The zero-order valence-corrected chi connectivity index (χ0v) is 12.8. The third kappa shape index (κ3) is 1.86. The second-order valence-corrected chi connectivity index (χ2v) is 5.74. The molecule has 0 amide bonds. The Morgan fingerprint density at radius 3 is 2.46 bits per heavy atom. The van der Waals surface area contributed by atoms with Gasteiger partial charge in [0.25, 0.3) is 0 Å². The molecule has 0 aliphatic carbocycles. The van der Waals surface area contributed by atoms with Crippen LogP contribution in [0.4, 0.5) is 0 Å². The molecule has 4 nitrogen and oxygen atoms in total. The van der Waals surface area contributed by atoms with E-state index in [0.29, 0.717) is 0 Å². The highest BCUT2D eigenvalue weighted by molar-refractivity contribution is 6.13. The van der Waals surface area contributed by atoms with Crippen LogP contribution in [-0.2, 0) is 0 Å². The van der Waals surface area contributed by atoms with Gasteiger partial charge in [-0.25, -0.2) is 4.98 Å². The number of hydrogen-bond acceptors (Lipinski definition) is 2. The van der Waals surface area contributed by atoms with Crippen molar-refractivity contribution >= 4 is 21.8 Å². The number of hydrogen-bond donors (Lipinski definition) is 1. The van der Waals surface area contributed by atoms with Crippen LogP contribution < -0.4 is 0 Å². The Hall–Kier alpha value is -3.40. The van der Waals surface area contributed by atoms with E-state index in [1.807, 2.05) is 41.5 Å². The number of para-hydroxylation sites is 2. The number of nitrogens with zero attached hydrogens (tertiary/aromatic N) is 3. The van der Waals surface area contributed by atoms with Gasteiger partial charge in [-0.1, -0.05) is 36.4 Å². The summed E-state index contributed by atoms with van der Waals surface area (Å²) in [6.45, 7) is 0. The first-order chi connectivity index (χ1) is 11.9. The second-order valence-electron chi connectivity index (χ2n) is 5.74. The summed E-state index contributed by atoms with van der Waals surface area (Å²) >= 11 is 0. The SMILES string of the molecule is c1ccc(-c2cccc3c2[nH]c2c(-n4ccnc4)cccc23)nc1. The van der Waals surface area contributed by atoms with Crippen LogP contribution in [-0.4, -0.2) is 19.5 Å². The predicted molar refractivity (Wildman–Crippen MR) is 96.2 cm³/mol. The van der Waals surface area contributed by atoms with Crippen LogP contribution in [0.1, 0.15) is 0 Å². The summed E-state index contributed by atoms with van der Waals surface area (Å²) in [5.41, 5.74) is 5.39. The number of fused-ring (bicyclic) bond motifs is 3. The monoisotopic (exact) mass is 310 g/mol. The standard InChI is InChI=1S/C20H14N4/c1-2-10-22-17(8-1)16-7-3-5-14-15-6-4-9-18(20(15)23-19(14)16)24-12-11-21-13-24/h1-13,23H. The predicted octanol–water partition coefficient (Wildman–Crippen LogP) is 4.57. The van der Waals surface area contributed by atoms with E-state index in [1.54, 1.807) is 6.20 Å². The van der Waals surface area contributed by atoms with Crippen molar-refractivity contribution in [2.45, 2.75) is 0 Å². The smallest absolute Gasteiger partial charge is 0.0992 e. The first-order valence-corrected chi connectivity index (χ1v) is 7.85. The minimum atomic E-state index is 0.971. The van der Waals surface area contributed by atoms with E-state index >= 15 is 0 Å². The Labute approximate surface area is 138 Å². The van der Waals surface area contributed by atoms with Crippen LogP contribution in [0.2, 0.25) is 0 Å². The molecule has 5 aromatic rings. The minimum Gasteiger partial charge on any atom is -0.352 e. The molecule has 5 rings (SSSR count). The fourth-order valence-electron chi connectivity index (χ4n) is 3.28. The molecule has 0 atom stereocenters. The molecule has 0 radical (unpaired) electrons. The summed E-state index contributed by atoms with van der Waals surface area (Å²) in [6.07, 6.45) is 7.40. The summed E-state index contributed by atoms with van der Waals surface area (Å²) in [7, 11) is 0. The largest absolute Gasteiger partial charge is 0.352 e. The van der Waals surface area contributed by atoms with E-state index < -0.39 is 0 Å². The maximum atomic E-state index is 4.51. The highest BCUT2D eigenvalue weighted by atomic mass is 15.0. The highest BCUT2D eigenvalue weighted by Crippen LogP contribution is 2.34. The van der Waals surface area contributed by atoms with Gasteiger partial charge >= 0.3 is 0 Å². The van der Waals surface area contributed by atoms with Gasteiger partial charge in [0, 0.05) is 34.9 Å². The quantitative estimate of drug-likeness (QED) is 0.519. The van der Waals surface area contributed by atoms with Gasteiger partial charge in [0.15, 0.2) is 0 Å². The third-order valence-corrected chi connectivity index (χ3v) is 4.37. The van der Waals surface area contributed by atoms with Crippen molar-refractivity contribution in [1.82, 2.24) is 19.5 Å². The van der Waals surface area contributed by atoms with E-state index in [1.165, 1.54) is 10.8 Å². The molecular weight excluding hydrogens is 296 g/mol. The molecule has 0 spiro atoms. The topological polar surface area (TPSA) is 46.5 Å². The summed E-state index contributed by atoms with van der Waals surface area (Å²) in [4.78, 5) is 12.3. The number of imidazole rings is 1. The normalized spacial score (nSPS) is 11.3. The van der Waals surface area contributed by atoms with E-state index in [4.69, 9.17) is 0 Å². The van der Waals surface area contributed by atoms with Crippen molar-refractivity contribution in [3.63, 3.8) is 0 Å². The summed E-state index contributed by atoms with van der Waals surface area (Å²) < 4.78 is 2.03. The molecule has 4 heteroatoms.